The van der Waals surface area contributed by atoms with Gasteiger partial charge in [0.15, 0.2) is 0 Å². The molecular weight excluding hydrogens is 130 g/mol. The Morgan fingerprint density at radius 1 is 1.80 bits per heavy atom. The van der Waals surface area contributed by atoms with Gasteiger partial charge in [-0.05, 0) is 13.3 Å². The molecule has 0 aromatic heterocycles. The number of hydrogen-bond acceptors (Lipinski definition) is 3. The van der Waals surface area contributed by atoms with Crippen LogP contribution in [0.5, 0.6) is 0 Å². The number of nitrogens with two attached hydrogens (primary N) is 1. The van der Waals surface area contributed by atoms with Crippen molar-refractivity contribution in [2.24, 2.45) is 11.7 Å². The maximum absolute atomic E-state index is 9.62. The molecule has 1 rings (SSSR count). The lowest BCUT2D eigenvalue weighted by Gasteiger charge is -2.26. The number of hydrogen-bond donors (Lipinski definition) is 2. The fourth-order valence-corrected chi connectivity index (χ4v) is 1.19. The summed E-state index contributed by atoms with van der Waals surface area (Å²) < 4.78 is 5.13. The summed E-state index contributed by atoms with van der Waals surface area (Å²) in [6, 6.07) is 0. The van der Waals surface area contributed by atoms with E-state index in [0.717, 1.165) is 13.0 Å². The smallest absolute Gasteiger partial charge is 0.0792 e. The van der Waals surface area contributed by atoms with Gasteiger partial charge < -0.3 is 15.6 Å². The van der Waals surface area contributed by atoms with Gasteiger partial charge in [-0.2, -0.15) is 0 Å². The summed E-state index contributed by atoms with van der Waals surface area (Å²) in [6.07, 6.45) is 0.935. The summed E-state index contributed by atoms with van der Waals surface area (Å²) in [4.78, 5) is 0. The fourth-order valence-electron chi connectivity index (χ4n) is 1.19. The largest absolute Gasteiger partial charge is 0.388 e. The van der Waals surface area contributed by atoms with Crippen molar-refractivity contribution in [1.82, 2.24) is 0 Å². The van der Waals surface area contributed by atoms with E-state index >= 15 is 0 Å². The van der Waals surface area contributed by atoms with Crippen LogP contribution in [0.4, 0.5) is 0 Å². The van der Waals surface area contributed by atoms with E-state index in [1.807, 2.05) is 0 Å². The molecule has 0 aliphatic carbocycles. The molecule has 0 amide bonds. The van der Waals surface area contributed by atoms with E-state index in [0.29, 0.717) is 13.2 Å². The van der Waals surface area contributed by atoms with E-state index in [9.17, 15) is 5.11 Å². The Balaban J connectivity index is 2.45. The van der Waals surface area contributed by atoms with Crippen molar-refractivity contribution >= 4 is 0 Å². The molecule has 1 aliphatic heterocycles. The van der Waals surface area contributed by atoms with Gasteiger partial charge in [0.1, 0.15) is 0 Å². The minimum Gasteiger partial charge on any atom is -0.388 e. The molecule has 3 nitrogen and oxygen atoms in total. The summed E-state index contributed by atoms with van der Waals surface area (Å²) in [5, 5.41) is 9.62. The molecule has 0 aromatic carbocycles. The quantitative estimate of drug-likeness (QED) is 0.562. The zero-order valence-electron chi connectivity index (χ0n) is 6.34. The molecule has 2 unspecified atom stereocenters. The SMILES string of the molecule is CC(O)(CN)C1CCOC1. The highest BCUT2D eigenvalue weighted by Gasteiger charge is 2.33. The van der Waals surface area contributed by atoms with Crippen LogP contribution in [0.15, 0.2) is 0 Å². The Morgan fingerprint density at radius 3 is 2.90 bits per heavy atom. The van der Waals surface area contributed by atoms with Gasteiger partial charge in [0, 0.05) is 19.1 Å². The Morgan fingerprint density at radius 2 is 2.50 bits per heavy atom. The average molecular weight is 145 g/mol. The van der Waals surface area contributed by atoms with Crippen LogP contribution in [-0.4, -0.2) is 30.5 Å². The maximum atomic E-state index is 9.62. The van der Waals surface area contributed by atoms with E-state index in [1.54, 1.807) is 6.92 Å². The highest BCUT2D eigenvalue weighted by atomic mass is 16.5. The summed E-state index contributed by atoms with van der Waals surface area (Å²) in [5.41, 5.74) is 4.65. The third-order valence-electron chi connectivity index (χ3n) is 2.22. The number of rotatable bonds is 2. The van der Waals surface area contributed by atoms with Crippen molar-refractivity contribution in [3.8, 4) is 0 Å². The third kappa shape index (κ3) is 1.48. The molecule has 1 saturated heterocycles. The normalized spacial score (nSPS) is 32.1. The minimum atomic E-state index is -0.726. The summed E-state index contributed by atoms with van der Waals surface area (Å²) >= 11 is 0. The van der Waals surface area contributed by atoms with Crippen LogP contribution in [0.3, 0.4) is 0 Å². The lowest BCUT2D eigenvalue weighted by atomic mass is 9.89. The standard InChI is InChI=1S/C7H15NO2/c1-7(9,5-8)6-2-3-10-4-6/h6,9H,2-5,8H2,1H3. The molecule has 3 heteroatoms. The van der Waals surface area contributed by atoms with Crippen LogP contribution in [0.1, 0.15) is 13.3 Å². The maximum Gasteiger partial charge on any atom is 0.0792 e. The van der Waals surface area contributed by atoms with Gasteiger partial charge in [-0.25, -0.2) is 0 Å². The van der Waals surface area contributed by atoms with Crippen LogP contribution in [-0.2, 0) is 4.74 Å². The average Bonchev–Trinajstić information content (AvgIpc) is 2.38. The first-order chi connectivity index (χ1) is 4.67. The zero-order chi connectivity index (χ0) is 7.61. The van der Waals surface area contributed by atoms with Gasteiger partial charge in [-0.15, -0.1) is 0 Å². The predicted octanol–water partition coefficient (Wildman–Crippen LogP) is -0.267. The second-order valence-electron chi connectivity index (χ2n) is 3.12. The lowest BCUT2D eigenvalue weighted by Crippen LogP contribution is -2.42. The van der Waals surface area contributed by atoms with Crippen molar-refractivity contribution in [2.45, 2.75) is 18.9 Å². The molecule has 0 radical (unpaired) electrons. The van der Waals surface area contributed by atoms with E-state index in [-0.39, 0.29) is 5.92 Å². The van der Waals surface area contributed by atoms with Crippen molar-refractivity contribution in [2.75, 3.05) is 19.8 Å². The van der Waals surface area contributed by atoms with Crippen LogP contribution in [0, 0.1) is 5.92 Å². The Kier molecular flexibility index (Phi) is 2.28. The molecule has 3 N–H and O–H groups in total. The van der Waals surface area contributed by atoms with Crippen molar-refractivity contribution in [3.63, 3.8) is 0 Å². The third-order valence-corrected chi connectivity index (χ3v) is 2.22. The van der Waals surface area contributed by atoms with Gasteiger partial charge in [-0.3, -0.25) is 0 Å². The molecule has 2 atom stereocenters. The van der Waals surface area contributed by atoms with Crippen LogP contribution in [0.2, 0.25) is 0 Å². The molecule has 1 fully saturated rings. The van der Waals surface area contributed by atoms with Crippen molar-refractivity contribution in [1.29, 1.82) is 0 Å². The Labute approximate surface area is 61.2 Å². The number of aliphatic hydroxyl groups is 1. The van der Waals surface area contributed by atoms with E-state index < -0.39 is 5.60 Å². The monoisotopic (exact) mass is 145 g/mol. The molecule has 0 aromatic rings. The molecular formula is C7H15NO2. The highest BCUT2D eigenvalue weighted by Crippen LogP contribution is 2.24. The van der Waals surface area contributed by atoms with E-state index in [2.05, 4.69) is 0 Å². The molecule has 60 valence electrons. The molecule has 10 heavy (non-hydrogen) atoms. The second-order valence-corrected chi connectivity index (χ2v) is 3.12. The van der Waals surface area contributed by atoms with Gasteiger partial charge in [-0.1, -0.05) is 0 Å². The summed E-state index contributed by atoms with van der Waals surface area (Å²) in [5.74, 6) is 0.234. The van der Waals surface area contributed by atoms with Gasteiger partial charge in [0.25, 0.3) is 0 Å². The summed E-state index contributed by atoms with van der Waals surface area (Å²) in [7, 11) is 0. The van der Waals surface area contributed by atoms with Crippen molar-refractivity contribution < 1.29 is 9.84 Å². The zero-order valence-corrected chi connectivity index (χ0v) is 6.34. The van der Waals surface area contributed by atoms with Crippen LogP contribution >= 0.6 is 0 Å². The fraction of sp³-hybridized carbons (Fsp3) is 1.00. The molecule has 0 spiro atoms. The van der Waals surface area contributed by atoms with Gasteiger partial charge >= 0.3 is 0 Å². The second kappa shape index (κ2) is 2.86. The first-order valence-corrected chi connectivity index (χ1v) is 3.67. The van der Waals surface area contributed by atoms with Gasteiger partial charge in [0.2, 0.25) is 0 Å². The lowest BCUT2D eigenvalue weighted by molar-refractivity contribution is 0.00326. The number of ether oxygens (including phenoxy) is 1. The first kappa shape index (κ1) is 7.98. The predicted molar refractivity (Wildman–Crippen MR) is 38.6 cm³/mol. The van der Waals surface area contributed by atoms with Crippen molar-refractivity contribution in [3.05, 3.63) is 0 Å². The Hall–Kier alpha value is -0.120. The van der Waals surface area contributed by atoms with Crippen LogP contribution in [0.25, 0.3) is 0 Å². The summed E-state index contributed by atoms with van der Waals surface area (Å²) in [6.45, 7) is 3.51. The molecule has 0 saturated carbocycles. The highest BCUT2D eigenvalue weighted by molar-refractivity contribution is 4.84. The van der Waals surface area contributed by atoms with E-state index in [1.165, 1.54) is 0 Å². The molecule has 0 bridgehead atoms. The Bertz CT molecular complexity index is 108. The minimum absolute atomic E-state index is 0.234. The first-order valence-electron chi connectivity index (χ1n) is 3.67. The van der Waals surface area contributed by atoms with E-state index in [4.69, 9.17) is 10.5 Å². The topological polar surface area (TPSA) is 55.5 Å². The van der Waals surface area contributed by atoms with Crippen LogP contribution < -0.4 is 5.73 Å². The molecule has 1 heterocycles. The molecule has 1 aliphatic rings. The van der Waals surface area contributed by atoms with Gasteiger partial charge in [0.05, 0.1) is 12.2 Å².